The molecule has 0 aliphatic heterocycles. The summed E-state index contributed by atoms with van der Waals surface area (Å²) in [5.74, 6) is 0. The molecular weight excluding hydrogens is 416 g/mol. The molecule has 0 atom stereocenters. The van der Waals surface area contributed by atoms with Crippen molar-refractivity contribution in [1.29, 1.82) is 15.8 Å². The Hall–Kier alpha value is -0.850. The van der Waals surface area contributed by atoms with Crippen molar-refractivity contribution in [2.45, 2.75) is 6.92 Å². The molecule has 0 bridgehead atoms. The first-order valence-electron chi connectivity index (χ1n) is 3.80. The molecule has 0 aliphatic carbocycles. The standard InChI is InChI=1S/C10H3I2N3/c1-5-6(2-13)7(3-14)8(4-15)10(12)9(5)11/h1H3. The summed E-state index contributed by atoms with van der Waals surface area (Å²) in [7, 11) is 0. The molecule has 15 heavy (non-hydrogen) atoms. The zero-order valence-corrected chi connectivity index (χ0v) is 11.9. The van der Waals surface area contributed by atoms with Crippen LogP contribution in [0.4, 0.5) is 0 Å². The summed E-state index contributed by atoms with van der Waals surface area (Å²) in [5, 5.41) is 26.8. The molecule has 1 rings (SSSR count). The highest BCUT2D eigenvalue weighted by Gasteiger charge is 2.18. The zero-order valence-electron chi connectivity index (χ0n) is 7.60. The fraction of sp³-hybridized carbons (Fsp3) is 0.100. The van der Waals surface area contributed by atoms with E-state index >= 15 is 0 Å². The summed E-state index contributed by atoms with van der Waals surface area (Å²) < 4.78 is 1.60. The van der Waals surface area contributed by atoms with E-state index in [0.29, 0.717) is 11.1 Å². The fourth-order valence-corrected chi connectivity index (χ4v) is 2.50. The molecule has 0 fully saturated rings. The molecule has 5 heteroatoms. The van der Waals surface area contributed by atoms with Crippen LogP contribution >= 0.6 is 45.2 Å². The van der Waals surface area contributed by atoms with Gasteiger partial charge in [0.25, 0.3) is 0 Å². The van der Waals surface area contributed by atoms with Crippen LogP contribution < -0.4 is 0 Å². The number of hydrogen-bond donors (Lipinski definition) is 0. The SMILES string of the molecule is Cc1c(I)c(I)c(C#N)c(C#N)c1C#N. The molecule has 0 spiro atoms. The van der Waals surface area contributed by atoms with Gasteiger partial charge in [-0.25, -0.2) is 0 Å². The third-order valence-corrected chi connectivity index (χ3v) is 5.41. The van der Waals surface area contributed by atoms with E-state index in [1.54, 1.807) is 6.92 Å². The van der Waals surface area contributed by atoms with E-state index in [-0.39, 0.29) is 5.56 Å². The average Bonchev–Trinajstić information content (AvgIpc) is 2.25. The van der Waals surface area contributed by atoms with Crippen LogP contribution in [0.3, 0.4) is 0 Å². The lowest BCUT2D eigenvalue weighted by Gasteiger charge is -2.08. The van der Waals surface area contributed by atoms with Crippen molar-refractivity contribution in [3.8, 4) is 18.2 Å². The van der Waals surface area contributed by atoms with Gasteiger partial charge in [-0.15, -0.1) is 0 Å². The Morgan fingerprint density at radius 2 is 1.27 bits per heavy atom. The van der Waals surface area contributed by atoms with Crippen LogP contribution in [0.25, 0.3) is 0 Å². The summed E-state index contributed by atoms with van der Waals surface area (Å²) in [6, 6.07) is 5.87. The Bertz CT molecular complexity index is 515. The largest absolute Gasteiger partial charge is 0.192 e. The van der Waals surface area contributed by atoms with E-state index < -0.39 is 0 Å². The Kier molecular flexibility index (Phi) is 3.90. The second-order valence-electron chi connectivity index (χ2n) is 2.71. The molecule has 0 aliphatic rings. The van der Waals surface area contributed by atoms with Crippen molar-refractivity contribution >= 4 is 45.2 Å². The van der Waals surface area contributed by atoms with Gasteiger partial charge in [0, 0.05) is 7.14 Å². The van der Waals surface area contributed by atoms with Crippen LogP contribution in [0.5, 0.6) is 0 Å². The number of halogens is 2. The van der Waals surface area contributed by atoms with Gasteiger partial charge in [0.1, 0.15) is 18.2 Å². The quantitative estimate of drug-likeness (QED) is 0.608. The second kappa shape index (κ2) is 4.78. The minimum atomic E-state index is 0.183. The van der Waals surface area contributed by atoms with Crippen molar-refractivity contribution < 1.29 is 0 Å². The third-order valence-electron chi connectivity index (χ3n) is 1.95. The molecule has 1 aromatic carbocycles. The van der Waals surface area contributed by atoms with Crippen LogP contribution in [0.15, 0.2) is 0 Å². The van der Waals surface area contributed by atoms with Crippen molar-refractivity contribution in [2.75, 3.05) is 0 Å². The molecule has 0 amide bonds. The molecular formula is C10H3I2N3. The van der Waals surface area contributed by atoms with Gasteiger partial charge in [0.05, 0.1) is 16.7 Å². The van der Waals surface area contributed by atoms with Gasteiger partial charge in [0.2, 0.25) is 0 Å². The van der Waals surface area contributed by atoms with E-state index in [9.17, 15) is 0 Å². The van der Waals surface area contributed by atoms with Gasteiger partial charge < -0.3 is 0 Å². The van der Waals surface area contributed by atoms with Crippen LogP contribution in [-0.2, 0) is 0 Å². The Labute approximate surface area is 115 Å². The fourth-order valence-electron chi connectivity index (χ4n) is 1.16. The number of hydrogen-bond acceptors (Lipinski definition) is 3. The highest BCUT2D eigenvalue weighted by atomic mass is 127. The highest BCUT2D eigenvalue weighted by Crippen LogP contribution is 2.29. The normalized spacial score (nSPS) is 8.80. The lowest BCUT2D eigenvalue weighted by molar-refractivity contribution is 1.29. The monoisotopic (exact) mass is 419 g/mol. The van der Waals surface area contributed by atoms with Crippen LogP contribution in [-0.4, -0.2) is 0 Å². The summed E-state index contributed by atoms with van der Waals surface area (Å²) in [5.41, 5.74) is 1.55. The highest BCUT2D eigenvalue weighted by molar-refractivity contribution is 14.1. The first-order chi connectivity index (χ1) is 7.08. The smallest absolute Gasteiger partial charge is 0.102 e. The maximum absolute atomic E-state index is 8.95. The van der Waals surface area contributed by atoms with Gasteiger partial charge in [-0.3, -0.25) is 0 Å². The lowest BCUT2D eigenvalue weighted by Crippen LogP contribution is -2.01. The number of benzene rings is 1. The van der Waals surface area contributed by atoms with Gasteiger partial charge in [0.15, 0.2) is 0 Å². The Morgan fingerprint density at radius 3 is 1.67 bits per heavy atom. The molecule has 0 saturated carbocycles. The molecule has 72 valence electrons. The van der Waals surface area contributed by atoms with Crippen molar-refractivity contribution in [3.63, 3.8) is 0 Å². The van der Waals surface area contributed by atoms with Gasteiger partial charge in [-0.2, -0.15) is 15.8 Å². The third kappa shape index (κ3) is 1.92. The molecule has 0 unspecified atom stereocenters. The van der Waals surface area contributed by atoms with Crippen LogP contribution in [0.2, 0.25) is 0 Å². The maximum atomic E-state index is 8.95. The lowest BCUT2D eigenvalue weighted by atomic mass is 9.99. The molecule has 1 aromatic rings. The first kappa shape index (κ1) is 12.2. The summed E-state index contributed by atoms with van der Waals surface area (Å²) >= 11 is 4.10. The molecule has 3 nitrogen and oxygen atoms in total. The van der Waals surface area contributed by atoms with Crippen LogP contribution in [0.1, 0.15) is 22.3 Å². The zero-order chi connectivity index (χ0) is 11.6. The minimum absolute atomic E-state index is 0.183. The first-order valence-corrected chi connectivity index (χ1v) is 5.96. The molecule has 0 N–H and O–H groups in total. The molecule has 0 radical (unpaired) electrons. The van der Waals surface area contributed by atoms with Crippen molar-refractivity contribution in [1.82, 2.24) is 0 Å². The Morgan fingerprint density at radius 1 is 0.800 bits per heavy atom. The van der Waals surface area contributed by atoms with Gasteiger partial charge in [-0.05, 0) is 57.7 Å². The minimum Gasteiger partial charge on any atom is -0.192 e. The second-order valence-corrected chi connectivity index (χ2v) is 4.87. The van der Waals surface area contributed by atoms with Gasteiger partial charge >= 0.3 is 0 Å². The van der Waals surface area contributed by atoms with Crippen LogP contribution in [0, 0.1) is 48.1 Å². The topological polar surface area (TPSA) is 71.4 Å². The van der Waals surface area contributed by atoms with Crippen molar-refractivity contribution in [3.05, 3.63) is 29.4 Å². The molecule has 0 saturated heterocycles. The summed E-state index contributed by atoms with van der Waals surface area (Å²) in [4.78, 5) is 0. The molecule has 0 aromatic heterocycles. The van der Waals surface area contributed by atoms with E-state index in [2.05, 4.69) is 22.6 Å². The predicted molar refractivity (Wildman–Crippen MR) is 70.8 cm³/mol. The number of rotatable bonds is 0. The maximum Gasteiger partial charge on any atom is 0.102 e. The molecule has 0 heterocycles. The van der Waals surface area contributed by atoms with E-state index in [0.717, 1.165) is 12.7 Å². The van der Waals surface area contributed by atoms with E-state index in [4.69, 9.17) is 15.8 Å². The van der Waals surface area contributed by atoms with Crippen molar-refractivity contribution in [2.24, 2.45) is 0 Å². The number of nitriles is 3. The van der Waals surface area contributed by atoms with Gasteiger partial charge in [-0.1, -0.05) is 0 Å². The predicted octanol–water partition coefficient (Wildman–Crippen LogP) is 2.82. The summed E-state index contributed by atoms with van der Waals surface area (Å²) in [6.07, 6.45) is 0. The van der Waals surface area contributed by atoms with E-state index in [1.165, 1.54) is 0 Å². The average molecular weight is 419 g/mol. The van der Waals surface area contributed by atoms with E-state index in [1.807, 2.05) is 40.8 Å². The number of nitrogens with zero attached hydrogens (tertiary/aromatic N) is 3. The Balaban J connectivity index is 3.90. The summed E-state index contributed by atoms with van der Waals surface area (Å²) in [6.45, 7) is 1.78.